The molecule has 0 fully saturated rings. The number of oxazole rings is 1. The minimum atomic E-state index is -0.704. The number of carbonyl (C=O) groups is 1. The summed E-state index contributed by atoms with van der Waals surface area (Å²) in [6.45, 7) is 8.51. The van der Waals surface area contributed by atoms with Crippen molar-refractivity contribution in [3.05, 3.63) is 17.3 Å². The number of nitrogens with zero attached hydrogens (tertiary/aromatic N) is 1. The van der Waals surface area contributed by atoms with Gasteiger partial charge in [0.05, 0.1) is 17.3 Å². The van der Waals surface area contributed by atoms with E-state index >= 15 is 0 Å². The Morgan fingerprint density at radius 2 is 2.06 bits per heavy atom. The van der Waals surface area contributed by atoms with Gasteiger partial charge in [0, 0.05) is 6.92 Å². The van der Waals surface area contributed by atoms with Crippen LogP contribution in [-0.4, -0.2) is 27.6 Å². The number of nitrogens with one attached hydrogen (secondary N) is 1. The molecule has 0 saturated carbocycles. The Balaban J connectivity index is 2.85. The van der Waals surface area contributed by atoms with Crippen molar-refractivity contribution in [1.82, 2.24) is 10.3 Å². The van der Waals surface area contributed by atoms with Crippen LogP contribution in [0, 0.1) is 13.8 Å². The zero-order valence-corrected chi connectivity index (χ0v) is 10.3. The van der Waals surface area contributed by atoms with Gasteiger partial charge in [-0.05, 0) is 27.7 Å². The molecule has 1 unspecified atom stereocenters. The molecular weight excluding hydrogens is 208 g/mol. The lowest BCUT2D eigenvalue weighted by molar-refractivity contribution is 0.0686. The molecule has 2 N–H and O–H groups in total. The second kappa shape index (κ2) is 4.25. The quantitative estimate of drug-likeness (QED) is 0.811. The number of aromatic nitrogens is 1. The summed E-state index contributed by atoms with van der Waals surface area (Å²) in [7, 11) is 0. The maximum absolute atomic E-state index is 11.8. The molecule has 0 aliphatic heterocycles. The Kier molecular flexibility index (Phi) is 3.38. The minimum Gasteiger partial charge on any atom is -0.436 e. The van der Waals surface area contributed by atoms with Crippen LogP contribution in [0.1, 0.15) is 42.9 Å². The standard InChI is InChI=1S/C11H18N2O3/c1-6-9(16-8(3)12-6)10(15)13-11(4,5)7(2)14/h7,14H,1-5H3,(H,13,15). The van der Waals surface area contributed by atoms with Gasteiger partial charge >= 0.3 is 0 Å². The molecular formula is C11H18N2O3. The molecule has 90 valence electrons. The minimum absolute atomic E-state index is 0.200. The average molecular weight is 226 g/mol. The number of rotatable bonds is 3. The second-order valence-corrected chi connectivity index (χ2v) is 4.50. The van der Waals surface area contributed by atoms with Crippen LogP contribution in [0.15, 0.2) is 4.42 Å². The van der Waals surface area contributed by atoms with Crippen LogP contribution >= 0.6 is 0 Å². The Morgan fingerprint density at radius 1 is 1.50 bits per heavy atom. The molecule has 1 atom stereocenters. The maximum atomic E-state index is 11.8. The number of aliphatic hydroxyl groups is 1. The lowest BCUT2D eigenvalue weighted by Crippen LogP contribution is -2.51. The first-order valence-corrected chi connectivity index (χ1v) is 5.18. The van der Waals surface area contributed by atoms with E-state index in [0.717, 1.165) is 0 Å². The number of aliphatic hydroxyl groups excluding tert-OH is 1. The summed E-state index contributed by atoms with van der Waals surface area (Å²) in [6.07, 6.45) is -0.652. The Morgan fingerprint density at radius 3 is 2.44 bits per heavy atom. The molecule has 0 aliphatic rings. The van der Waals surface area contributed by atoms with Gasteiger partial charge in [0.15, 0.2) is 5.89 Å². The highest BCUT2D eigenvalue weighted by molar-refractivity contribution is 5.92. The molecule has 1 heterocycles. The van der Waals surface area contributed by atoms with Crippen LogP contribution in [0.5, 0.6) is 0 Å². The van der Waals surface area contributed by atoms with Crippen LogP contribution in [0.3, 0.4) is 0 Å². The van der Waals surface area contributed by atoms with E-state index in [1.807, 2.05) is 0 Å². The smallest absolute Gasteiger partial charge is 0.289 e. The van der Waals surface area contributed by atoms with Gasteiger partial charge in [-0.25, -0.2) is 4.98 Å². The summed E-state index contributed by atoms with van der Waals surface area (Å²) in [5, 5.41) is 12.2. The van der Waals surface area contributed by atoms with Crippen LogP contribution in [-0.2, 0) is 0 Å². The highest BCUT2D eigenvalue weighted by atomic mass is 16.4. The first-order valence-electron chi connectivity index (χ1n) is 5.18. The summed E-state index contributed by atoms with van der Waals surface area (Å²) < 4.78 is 5.20. The van der Waals surface area contributed by atoms with Gasteiger partial charge in [0.25, 0.3) is 5.91 Å². The van der Waals surface area contributed by atoms with Crippen molar-refractivity contribution in [3.8, 4) is 0 Å². The van der Waals surface area contributed by atoms with Crippen LogP contribution in [0.25, 0.3) is 0 Å². The first-order chi connectivity index (χ1) is 7.24. The van der Waals surface area contributed by atoms with Gasteiger partial charge in [-0.3, -0.25) is 4.79 Å². The fraction of sp³-hybridized carbons (Fsp3) is 0.636. The Hall–Kier alpha value is -1.36. The highest BCUT2D eigenvalue weighted by Crippen LogP contribution is 2.13. The van der Waals surface area contributed by atoms with Gasteiger partial charge in [0.1, 0.15) is 0 Å². The van der Waals surface area contributed by atoms with E-state index in [1.54, 1.807) is 34.6 Å². The lowest BCUT2D eigenvalue weighted by atomic mass is 9.98. The third-order valence-corrected chi connectivity index (χ3v) is 2.59. The van der Waals surface area contributed by atoms with E-state index in [4.69, 9.17) is 4.42 Å². The van der Waals surface area contributed by atoms with E-state index < -0.39 is 11.6 Å². The van der Waals surface area contributed by atoms with Gasteiger partial charge in [-0.1, -0.05) is 0 Å². The van der Waals surface area contributed by atoms with Crippen molar-refractivity contribution in [3.63, 3.8) is 0 Å². The Bertz CT molecular complexity index is 394. The normalized spacial score (nSPS) is 13.6. The number of amides is 1. The second-order valence-electron chi connectivity index (χ2n) is 4.50. The van der Waals surface area contributed by atoms with Crippen molar-refractivity contribution in [2.45, 2.75) is 46.3 Å². The number of hydrogen-bond donors (Lipinski definition) is 2. The summed E-state index contributed by atoms with van der Waals surface area (Å²) in [5.74, 6) is 0.299. The monoisotopic (exact) mass is 226 g/mol. The van der Waals surface area contributed by atoms with Gasteiger partial charge < -0.3 is 14.8 Å². The molecule has 1 amide bonds. The lowest BCUT2D eigenvalue weighted by Gasteiger charge is -2.28. The Labute approximate surface area is 94.9 Å². The summed E-state index contributed by atoms with van der Waals surface area (Å²) in [6, 6.07) is 0. The largest absolute Gasteiger partial charge is 0.436 e. The predicted molar refractivity (Wildman–Crippen MR) is 59.2 cm³/mol. The van der Waals surface area contributed by atoms with Crippen molar-refractivity contribution in [2.75, 3.05) is 0 Å². The molecule has 0 spiro atoms. The first kappa shape index (κ1) is 12.7. The summed E-state index contributed by atoms with van der Waals surface area (Å²) in [4.78, 5) is 15.9. The molecule has 0 aliphatic carbocycles. The molecule has 16 heavy (non-hydrogen) atoms. The van der Waals surface area contributed by atoms with Crippen molar-refractivity contribution >= 4 is 5.91 Å². The third-order valence-electron chi connectivity index (χ3n) is 2.59. The topological polar surface area (TPSA) is 75.4 Å². The van der Waals surface area contributed by atoms with E-state index in [-0.39, 0.29) is 11.7 Å². The highest BCUT2D eigenvalue weighted by Gasteiger charge is 2.28. The molecule has 0 aromatic carbocycles. The van der Waals surface area contributed by atoms with Crippen molar-refractivity contribution in [2.24, 2.45) is 0 Å². The van der Waals surface area contributed by atoms with E-state index in [1.165, 1.54) is 0 Å². The molecule has 0 radical (unpaired) electrons. The molecule has 1 aromatic rings. The number of hydrogen-bond acceptors (Lipinski definition) is 4. The van der Waals surface area contributed by atoms with Crippen molar-refractivity contribution in [1.29, 1.82) is 0 Å². The summed E-state index contributed by atoms with van der Waals surface area (Å²) in [5.41, 5.74) is -0.152. The van der Waals surface area contributed by atoms with Gasteiger partial charge in [-0.15, -0.1) is 0 Å². The maximum Gasteiger partial charge on any atom is 0.289 e. The van der Waals surface area contributed by atoms with Crippen LogP contribution < -0.4 is 5.32 Å². The molecule has 5 heteroatoms. The average Bonchev–Trinajstić information content (AvgIpc) is 2.44. The van der Waals surface area contributed by atoms with Crippen LogP contribution in [0.4, 0.5) is 0 Å². The van der Waals surface area contributed by atoms with E-state index in [0.29, 0.717) is 11.6 Å². The molecule has 1 rings (SSSR count). The third kappa shape index (κ3) is 2.61. The van der Waals surface area contributed by atoms with Gasteiger partial charge in [0.2, 0.25) is 5.76 Å². The molecule has 1 aromatic heterocycles. The fourth-order valence-electron chi connectivity index (χ4n) is 1.20. The number of aryl methyl sites for hydroxylation is 2. The molecule has 5 nitrogen and oxygen atoms in total. The molecule has 0 saturated heterocycles. The zero-order valence-electron chi connectivity index (χ0n) is 10.3. The van der Waals surface area contributed by atoms with Gasteiger partial charge in [-0.2, -0.15) is 0 Å². The number of carbonyl (C=O) groups excluding carboxylic acids is 1. The zero-order chi connectivity index (χ0) is 12.5. The SMILES string of the molecule is Cc1nc(C)c(C(=O)NC(C)(C)C(C)O)o1. The summed E-state index contributed by atoms with van der Waals surface area (Å²) >= 11 is 0. The van der Waals surface area contributed by atoms with Crippen molar-refractivity contribution < 1.29 is 14.3 Å². The molecule has 0 bridgehead atoms. The van der Waals surface area contributed by atoms with E-state index in [9.17, 15) is 9.90 Å². The van der Waals surface area contributed by atoms with Crippen LogP contribution in [0.2, 0.25) is 0 Å². The predicted octanol–water partition coefficient (Wildman–Crippen LogP) is 1.18. The van der Waals surface area contributed by atoms with E-state index in [2.05, 4.69) is 10.3 Å². The fourth-order valence-corrected chi connectivity index (χ4v) is 1.20.